The van der Waals surface area contributed by atoms with Crippen molar-refractivity contribution in [3.8, 4) is 0 Å². The Morgan fingerprint density at radius 1 is 1.27 bits per heavy atom. The number of halogens is 2. The molecule has 0 aliphatic carbocycles. The van der Waals surface area contributed by atoms with Gasteiger partial charge < -0.3 is 15.5 Å². The van der Waals surface area contributed by atoms with E-state index in [0.717, 1.165) is 44.7 Å². The van der Waals surface area contributed by atoms with Crippen LogP contribution >= 0.6 is 47.5 Å². The minimum absolute atomic E-state index is 0. The van der Waals surface area contributed by atoms with Gasteiger partial charge in [-0.15, -0.1) is 36.2 Å². The predicted molar refractivity (Wildman–Crippen MR) is 115 cm³/mol. The minimum atomic E-state index is 0. The summed E-state index contributed by atoms with van der Waals surface area (Å²) in [7, 11) is 1.89. The molecule has 1 saturated heterocycles. The Bertz CT molecular complexity index is 831. The van der Waals surface area contributed by atoms with Gasteiger partial charge in [-0.1, -0.05) is 29.5 Å². The molecule has 3 heterocycles. The van der Waals surface area contributed by atoms with Gasteiger partial charge in [-0.05, 0) is 31.2 Å². The average Bonchev–Trinajstić information content (AvgIpc) is 3.30. The zero-order valence-electron chi connectivity index (χ0n) is 14.1. The topological polar surface area (TPSA) is 57.3 Å². The van der Waals surface area contributed by atoms with Crippen molar-refractivity contribution >= 4 is 73.7 Å². The van der Waals surface area contributed by atoms with Gasteiger partial charge in [0.15, 0.2) is 5.13 Å². The molecule has 2 aromatic heterocycles. The fraction of sp³-hybridized carbons (Fsp3) is 0.294. The lowest BCUT2D eigenvalue weighted by Crippen LogP contribution is -2.37. The Morgan fingerprint density at radius 2 is 2.04 bits per heavy atom. The number of carbonyl (C=O) groups is 1. The zero-order chi connectivity index (χ0) is 16.5. The number of para-hydroxylation sites is 1. The molecule has 1 aliphatic heterocycles. The Balaban J connectivity index is 0.00000121. The Kier molecular flexibility index (Phi) is 7.25. The molecule has 140 valence electrons. The van der Waals surface area contributed by atoms with Crippen LogP contribution in [0, 0.1) is 0 Å². The molecule has 1 amide bonds. The molecule has 26 heavy (non-hydrogen) atoms. The summed E-state index contributed by atoms with van der Waals surface area (Å²) in [5.41, 5.74) is 1.02. The third-order valence-electron chi connectivity index (χ3n) is 4.23. The van der Waals surface area contributed by atoms with Gasteiger partial charge >= 0.3 is 0 Å². The molecule has 1 aliphatic rings. The van der Waals surface area contributed by atoms with Crippen LogP contribution in [0.25, 0.3) is 9.53 Å². The summed E-state index contributed by atoms with van der Waals surface area (Å²) in [5.74, 6) is 0.0940. The summed E-state index contributed by atoms with van der Waals surface area (Å²) in [6.45, 7) is 1.86. The van der Waals surface area contributed by atoms with Crippen molar-refractivity contribution in [1.82, 2.24) is 15.2 Å². The first-order valence-electron chi connectivity index (χ1n) is 7.91. The lowest BCUT2D eigenvalue weighted by Gasteiger charge is -2.22. The maximum atomic E-state index is 12.6. The number of thiazole rings is 1. The number of benzene rings is 1. The van der Waals surface area contributed by atoms with Crippen LogP contribution in [0.3, 0.4) is 0 Å². The van der Waals surface area contributed by atoms with Crippen molar-refractivity contribution in [2.24, 2.45) is 0 Å². The number of hydrogen-bond donors (Lipinski definition) is 2. The van der Waals surface area contributed by atoms with E-state index in [4.69, 9.17) is 0 Å². The Labute approximate surface area is 172 Å². The molecule has 1 atom stereocenters. The normalized spacial score (nSPS) is 16.0. The zero-order valence-corrected chi connectivity index (χ0v) is 17.4. The second kappa shape index (κ2) is 9.01. The molecule has 1 aromatic carbocycles. The molecule has 1 fully saturated rings. The van der Waals surface area contributed by atoms with Crippen LogP contribution in [-0.4, -0.2) is 42.0 Å². The van der Waals surface area contributed by atoms with Crippen LogP contribution in [0.4, 0.5) is 10.8 Å². The van der Waals surface area contributed by atoms with E-state index in [1.54, 1.807) is 11.3 Å². The molecule has 0 saturated carbocycles. The van der Waals surface area contributed by atoms with Crippen LogP contribution < -0.4 is 10.6 Å². The maximum absolute atomic E-state index is 12.6. The number of thiophene rings is 1. The number of carbonyl (C=O) groups excluding carboxylic acids is 1. The van der Waals surface area contributed by atoms with Crippen molar-refractivity contribution in [2.75, 3.05) is 25.5 Å². The Morgan fingerprint density at radius 3 is 2.69 bits per heavy atom. The number of likely N-dealkylation sites (N-methyl/N-ethyl adjacent to an activating group) is 1. The first-order chi connectivity index (χ1) is 11.7. The van der Waals surface area contributed by atoms with E-state index in [1.807, 2.05) is 48.3 Å². The van der Waals surface area contributed by atoms with Crippen LogP contribution in [0.1, 0.15) is 16.1 Å². The van der Waals surface area contributed by atoms with E-state index < -0.39 is 0 Å². The van der Waals surface area contributed by atoms with Crippen LogP contribution in [0.15, 0.2) is 36.4 Å². The number of hydrogen-bond acceptors (Lipinski definition) is 6. The highest BCUT2D eigenvalue weighted by molar-refractivity contribution is 7.29. The molecular formula is C17H20Cl2N4OS2. The molecular weight excluding hydrogens is 411 g/mol. The van der Waals surface area contributed by atoms with Gasteiger partial charge in [-0.2, -0.15) is 0 Å². The number of nitrogens with one attached hydrogen (secondary N) is 2. The summed E-state index contributed by atoms with van der Waals surface area (Å²) in [6, 6.07) is 12.2. The molecule has 0 bridgehead atoms. The summed E-state index contributed by atoms with van der Waals surface area (Å²) in [4.78, 5) is 20.8. The van der Waals surface area contributed by atoms with E-state index in [0.29, 0.717) is 6.04 Å². The summed E-state index contributed by atoms with van der Waals surface area (Å²) in [6.07, 6.45) is 1.02. The van der Waals surface area contributed by atoms with Gasteiger partial charge in [-0.25, -0.2) is 4.98 Å². The summed E-state index contributed by atoms with van der Waals surface area (Å²) < 4.78 is 1.06. The van der Waals surface area contributed by atoms with Crippen molar-refractivity contribution < 1.29 is 4.79 Å². The van der Waals surface area contributed by atoms with Gasteiger partial charge in [0.25, 0.3) is 5.91 Å². The molecule has 3 aromatic rings. The van der Waals surface area contributed by atoms with Crippen molar-refractivity contribution in [2.45, 2.75) is 12.5 Å². The summed E-state index contributed by atoms with van der Waals surface area (Å²) >= 11 is 3.05. The van der Waals surface area contributed by atoms with Crippen molar-refractivity contribution in [3.63, 3.8) is 0 Å². The predicted octanol–water partition coefficient (Wildman–Crippen LogP) is 4.38. The number of amides is 1. The van der Waals surface area contributed by atoms with Crippen LogP contribution in [-0.2, 0) is 0 Å². The fourth-order valence-electron chi connectivity index (χ4n) is 2.85. The molecule has 5 nitrogen and oxygen atoms in total. The summed E-state index contributed by atoms with van der Waals surface area (Å²) in [5, 5.41) is 7.47. The van der Waals surface area contributed by atoms with Crippen LogP contribution in [0.2, 0.25) is 0 Å². The van der Waals surface area contributed by atoms with Crippen molar-refractivity contribution in [3.05, 3.63) is 41.3 Å². The van der Waals surface area contributed by atoms with Gasteiger partial charge in [0.1, 0.15) is 4.83 Å². The fourth-order valence-corrected chi connectivity index (χ4v) is 4.97. The van der Waals surface area contributed by atoms with E-state index >= 15 is 0 Å². The van der Waals surface area contributed by atoms with Crippen molar-refractivity contribution in [1.29, 1.82) is 0 Å². The van der Waals surface area contributed by atoms with E-state index in [-0.39, 0.29) is 30.7 Å². The van der Waals surface area contributed by atoms with Gasteiger partial charge in [-0.3, -0.25) is 4.79 Å². The molecule has 9 heteroatoms. The van der Waals surface area contributed by atoms with E-state index in [2.05, 4.69) is 15.6 Å². The number of nitrogens with zero attached hydrogens (tertiary/aromatic N) is 2. The van der Waals surface area contributed by atoms with E-state index in [9.17, 15) is 4.79 Å². The highest BCUT2D eigenvalue weighted by atomic mass is 35.5. The lowest BCUT2D eigenvalue weighted by atomic mass is 10.2. The second-order valence-electron chi connectivity index (χ2n) is 5.85. The molecule has 1 unspecified atom stereocenters. The number of fused-ring (bicyclic) bond motifs is 1. The van der Waals surface area contributed by atoms with Gasteiger partial charge in [0.05, 0.1) is 9.58 Å². The second-order valence-corrected chi connectivity index (χ2v) is 7.91. The molecule has 0 radical (unpaired) electrons. The lowest BCUT2D eigenvalue weighted by molar-refractivity contribution is 0.0749. The van der Waals surface area contributed by atoms with Gasteiger partial charge in [0, 0.05) is 25.3 Å². The highest BCUT2D eigenvalue weighted by Crippen LogP contribution is 2.34. The average molecular weight is 431 g/mol. The van der Waals surface area contributed by atoms with Crippen LogP contribution in [0.5, 0.6) is 0 Å². The minimum Gasteiger partial charge on any atom is -0.337 e. The van der Waals surface area contributed by atoms with Gasteiger partial charge in [0.2, 0.25) is 0 Å². The number of aromatic nitrogens is 1. The molecule has 2 N–H and O–H groups in total. The Hall–Kier alpha value is -1.38. The SMILES string of the molecule is CN(C(=O)c1cc2sc(Nc3ccccc3)nc2s1)C1CCNC1.Cl.Cl. The molecule has 0 spiro atoms. The first kappa shape index (κ1) is 20.9. The number of rotatable bonds is 4. The molecule has 4 rings (SSSR count). The third kappa shape index (κ3) is 4.29. The smallest absolute Gasteiger partial charge is 0.264 e. The quantitative estimate of drug-likeness (QED) is 0.644. The number of anilines is 2. The monoisotopic (exact) mass is 430 g/mol. The maximum Gasteiger partial charge on any atom is 0.264 e. The first-order valence-corrected chi connectivity index (χ1v) is 9.54. The third-order valence-corrected chi connectivity index (χ3v) is 6.29. The highest BCUT2D eigenvalue weighted by Gasteiger charge is 2.25. The largest absolute Gasteiger partial charge is 0.337 e. The standard InChI is InChI=1S/C17H18N4OS2.2ClH/c1-21(12-7-8-18-10-12)16(22)14-9-13-15(23-14)20-17(24-13)19-11-5-3-2-4-6-11;;/h2-6,9,12,18H,7-8,10H2,1H3,(H,19,20);2*1H. The van der Waals surface area contributed by atoms with E-state index in [1.165, 1.54) is 11.3 Å².